The molecule has 7 nitrogen and oxygen atoms in total. The van der Waals surface area contributed by atoms with Crippen molar-refractivity contribution in [2.75, 3.05) is 26.2 Å². The minimum absolute atomic E-state index is 0.0752. The van der Waals surface area contributed by atoms with Crippen LogP contribution in [-0.4, -0.2) is 60.4 Å². The molecule has 0 aromatic heterocycles. The van der Waals surface area contributed by atoms with Crippen LogP contribution in [0.4, 0.5) is 18.0 Å². The van der Waals surface area contributed by atoms with Gasteiger partial charge in [-0.2, -0.15) is 13.2 Å². The van der Waals surface area contributed by atoms with Crippen molar-refractivity contribution in [1.82, 2.24) is 10.2 Å². The van der Waals surface area contributed by atoms with Gasteiger partial charge in [-0.3, -0.25) is 9.59 Å². The number of nitrogens with zero attached hydrogens (tertiary/aromatic N) is 1. The van der Waals surface area contributed by atoms with Crippen LogP contribution in [0.15, 0.2) is 48.5 Å². The highest BCUT2D eigenvalue weighted by atomic mass is 19.4. The molecule has 0 saturated carbocycles. The molecule has 0 spiro atoms. The standard InChI is InChI=1S/C25H25F3N2O5/c1-2-24(22(32)33)13-30(14-24)21(31)20(25(26,27)28)11-29-23(34)35-12-19-17-9-5-3-7-15(17)16-8-4-6-10-18(16)19/h3-10,19-20H,2,11-14H2,1H3,(H,29,34)(H,32,33). The number of benzene rings is 2. The lowest BCUT2D eigenvalue weighted by Gasteiger charge is -2.47. The van der Waals surface area contributed by atoms with E-state index < -0.39 is 42.0 Å². The van der Waals surface area contributed by atoms with Gasteiger partial charge in [-0.05, 0) is 28.7 Å². The van der Waals surface area contributed by atoms with E-state index in [1.165, 1.54) is 0 Å². The van der Waals surface area contributed by atoms with Crippen LogP contribution in [0.3, 0.4) is 0 Å². The number of fused-ring (bicyclic) bond motifs is 3. The van der Waals surface area contributed by atoms with E-state index in [0.29, 0.717) is 0 Å². The number of hydrogen-bond donors (Lipinski definition) is 2. The average molecular weight is 490 g/mol. The Bertz CT molecular complexity index is 1100. The zero-order chi connectivity index (χ0) is 25.4. The average Bonchev–Trinajstić information content (AvgIpc) is 3.10. The highest BCUT2D eigenvalue weighted by Gasteiger charge is 2.55. The van der Waals surface area contributed by atoms with Gasteiger partial charge in [-0.1, -0.05) is 55.5 Å². The first-order valence-corrected chi connectivity index (χ1v) is 11.2. The van der Waals surface area contributed by atoms with Crippen LogP contribution in [-0.2, 0) is 14.3 Å². The van der Waals surface area contributed by atoms with E-state index in [4.69, 9.17) is 4.74 Å². The molecule has 1 heterocycles. The number of alkyl halides is 3. The SMILES string of the molecule is CCC1(C(=O)O)CN(C(=O)C(CNC(=O)OCC2c3ccccc3-c3ccccc32)C(F)(F)F)C1. The molecule has 10 heteroatoms. The number of halogens is 3. The molecule has 4 rings (SSSR count). The number of carbonyl (C=O) groups is 3. The summed E-state index contributed by atoms with van der Waals surface area (Å²) < 4.78 is 46.0. The second kappa shape index (κ2) is 9.24. The van der Waals surface area contributed by atoms with Crippen LogP contribution in [0.25, 0.3) is 11.1 Å². The van der Waals surface area contributed by atoms with Gasteiger partial charge in [0.25, 0.3) is 0 Å². The number of ether oxygens (including phenoxy) is 1. The van der Waals surface area contributed by atoms with Gasteiger partial charge in [-0.15, -0.1) is 0 Å². The second-order valence-corrected chi connectivity index (χ2v) is 8.93. The minimum Gasteiger partial charge on any atom is -0.481 e. The van der Waals surface area contributed by atoms with Gasteiger partial charge in [0.05, 0.1) is 0 Å². The molecular weight excluding hydrogens is 465 g/mol. The van der Waals surface area contributed by atoms with Crippen molar-refractivity contribution in [3.05, 3.63) is 59.7 Å². The molecule has 1 atom stereocenters. The van der Waals surface area contributed by atoms with Gasteiger partial charge >= 0.3 is 18.2 Å². The number of likely N-dealkylation sites (tertiary alicyclic amines) is 1. The fourth-order valence-electron chi connectivity index (χ4n) is 4.75. The van der Waals surface area contributed by atoms with E-state index in [1.807, 2.05) is 48.5 Å². The fraction of sp³-hybridized carbons (Fsp3) is 0.400. The van der Waals surface area contributed by atoms with E-state index in [2.05, 4.69) is 5.32 Å². The Kier molecular flexibility index (Phi) is 6.48. The number of amides is 2. The van der Waals surface area contributed by atoms with Crippen molar-refractivity contribution in [2.45, 2.75) is 25.4 Å². The van der Waals surface area contributed by atoms with E-state index in [-0.39, 0.29) is 32.0 Å². The van der Waals surface area contributed by atoms with Gasteiger partial charge < -0.3 is 20.1 Å². The predicted molar refractivity (Wildman–Crippen MR) is 120 cm³/mol. The summed E-state index contributed by atoms with van der Waals surface area (Å²) in [5.74, 6) is -5.16. The second-order valence-electron chi connectivity index (χ2n) is 8.93. The molecule has 2 aliphatic rings. The normalized spacial score (nSPS) is 17.1. The lowest BCUT2D eigenvalue weighted by molar-refractivity contribution is -0.196. The van der Waals surface area contributed by atoms with Crippen molar-refractivity contribution in [3.63, 3.8) is 0 Å². The molecule has 1 unspecified atom stereocenters. The van der Waals surface area contributed by atoms with Gasteiger partial charge in [0, 0.05) is 25.6 Å². The topological polar surface area (TPSA) is 95.9 Å². The highest BCUT2D eigenvalue weighted by Crippen LogP contribution is 2.44. The van der Waals surface area contributed by atoms with Gasteiger partial charge in [0.1, 0.15) is 12.0 Å². The number of carboxylic acid groups (broad SMARTS) is 1. The van der Waals surface area contributed by atoms with Crippen molar-refractivity contribution in [2.24, 2.45) is 11.3 Å². The Morgan fingerprint density at radius 2 is 1.63 bits per heavy atom. The number of aliphatic carboxylic acids is 1. The van der Waals surface area contributed by atoms with Gasteiger partial charge in [0.15, 0.2) is 5.92 Å². The number of rotatable bonds is 7. The van der Waals surface area contributed by atoms with Gasteiger partial charge in [-0.25, -0.2) is 4.79 Å². The van der Waals surface area contributed by atoms with Crippen LogP contribution in [0.5, 0.6) is 0 Å². The maximum atomic E-state index is 13.6. The summed E-state index contributed by atoms with van der Waals surface area (Å²) in [4.78, 5) is 37.0. The van der Waals surface area contributed by atoms with Crippen LogP contribution in [0, 0.1) is 11.3 Å². The lowest BCUT2D eigenvalue weighted by atomic mass is 9.77. The van der Waals surface area contributed by atoms with E-state index in [1.54, 1.807) is 6.92 Å². The number of carbonyl (C=O) groups excluding carboxylic acids is 2. The Morgan fingerprint density at radius 1 is 1.09 bits per heavy atom. The van der Waals surface area contributed by atoms with Crippen molar-refractivity contribution >= 4 is 18.0 Å². The maximum Gasteiger partial charge on any atom is 0.407 e. The third kappa shape index (κ3) is 4.56. The summed E-state index contributed by atoms with van der Waals surface area (Å²) in [6.07, 6.45) is -5.78. The van der Waals surface area contributed by atoms with Crippen LogP contribution >= 0.6 is 0 Å². The zero-order valence-electron chi connectivity index (χ0n) is 19.0. The van der Waals surface area contributed by atoms with Gasteiger partial charge in [0.2, 0.25) is 5.91 Å². The minimum atomic E-state index is -4.92. The third-order valence-corrected chi connectivity index (χ3v) is 6.92. The molecule has 0 bridgehead atoms. The molecule has 2 aromatic rings. The Morgan fingerprint density at radius 3 is 2.11 bits per heavy atom. The molecule has 35 heavy (non-hydrogen) atoms. The van der Waals surface area contributed by atoms with E-state index in [0.717, 1.165) is 27.2 Å². The summed E-state index contributed by atoms with van der Waals surface area (Å²) >= 11 is 0. The molecule has 2 aromatic carbocycles. The molecule has 1 saturated heterocycles. The first kappa shape index (κ1) is 24.6. The van der Waals surface area contributed by atoms with Crippen molar-refractivity contribution in [3.8, 4) is 11.1 Å². The fourth-order valence-corrected chi connectivity index (χ4v) is 4.75. The molecule has 0 radical (unpaired) electrons. The Balaban J connectivity index is 1.36. The van der Waals surface area contributed by atoms with Crippen molar-refractivity contribution in [1.29, 1.82) is 0 Å². The first-order valence-electron chi connectivity index (χ1n) is 11.2. The molecular formula is C25H25F3N2O5. The van der Waals surface area contributed by atoms with Crippen LogP contribution in [0.1, 0.15) is 30.4 Å². The zero-order valence-corrected chi connectivity index (χ0v) is 19.0. The molecule has 1 fully saturated rings. The van der Waals surface area contributed by atoms with Crippen LogP contribution < -0.4 is 5.32 Å². The smallest absolute Gasteiger partial charge is 0.407 e. The number of alkyl carbamates (subject to hydrolysis) is 1. The molecule has 1 aliphatic heterocycles. The van der Waals surface area contributed by atoms with Crippen LogP contribution in [0.2, 0.25) is 0 Å². The quantitative estimate of drug-likeness (QED) is 0.611. The first-order chi connectivity index (χ1) is 16.6. The summed E-state index contributed by atoms with van der Waals surface area (Å²) in [7, 11) is 0. The molecule has 1 aliphatic carbocycles. The summed E-state index contributed by atoms with van der Waals surface area (Å²) in [5, 5.41) is 11.4. The Hall–Kier alpha value is -3.56. The number of carboxylic acids is 1. The number of hydrogen-bond acceptors (Lipinski definition) is 4. The maximum absolute atomic E-state index is 13.6. The molecule has 186 valence electrons. The number of nitrogens with one attached hydrogen (secondary N) is 1. The molecule has 2 amide bonds. The van der Waals surface area contributed by atoms with E-state index in [9.17, 15) is 32.7 Å². The van der Waals surface area contributed by atoms with E-state index >= 15 is 0 Å². The predicted octanol–water partition coefficient (Wildman–Crippen LogP) is 4.03. The summed E-state index contributed by atoms with van der Waals surface area (Å²) in [6, 6.07) is 15.3. The molecule has 2 N–H and O–H groups in total. The Labute approximate surface area is 199 Å². The summed E-state index contributed by atoms with van der Waals surface area (Å²) in [5.41, 5.74) is 2.71. The third-order valence-electron chi connectivity index (χ3n) is 6.92. The largest absolute Gasteiger partial charge is 0.481 e. The van der Waals surface area contributed by atoms with Crippen molar-refractivity contribution < 1.29 is 37.4 Å². The monoisotopic (exact) mass is 490 g/mol. The lowest BCUT2D eigenvalue weighted by Crippen LogP contribution is -2.64. The highest BCUT2D eigenvalue weighted by molar-refractivity contribution is 5.85. The summed E-state index contributed by atoms with van der Waals surface area (Å²) in [6.45, 7) is -0.0593.